The number of carbonyl (C=O) groups is 1. The highest BCUT2D eigenvalue weighted by atomic mass is 35.5. The molecule has 2 N–H and O–H groups in total. The van der Waals surface area contributed by atoms with E-state index >= 15 is 0 Å². The Morgan fingerprint density at radius 1 is 1.13 bits per heavy atom. The zero-order valence-corrected chi connectivity index (χ0v) is 19.1. The van der Waals surface area contributed by atoms with Crippen molar-refractivity contribution in [2.45, 2.75) is 20.0 Å². The predicted octanol–water partition coefficient (Wildman–Crippen LogP) is 5.64. The summed E-state index contributed by atoms with van der Waals surface area (Å²) in [6.45, 7) is 3.37. The lowest BCUT2D eigenvalue weighted by Crippen LogP contribution is -2.16. The first kappa shape index (κ1) is 22.9. The van der Waals surface area contributed by atoms with Crippen molar-refractivity contribution in [3.63, 3.8) is 0 Å². The number of rotatable bonds is 6. The molecule has 1 unspecified atom stereocenters. The second-order valence-electron chi connectivity index (χ2n) is 6.77. The first-order valence-corrected chi connectivity index (χ1v) is 11.7. The molecule has 0 fully saturated rings. The van der Waals surface area contributed by atoms with Gasteiger partial charge in [-0.1, -0.05) is 34.4 Å². The largest absolute Gasteiger partial charge is 0.441 e. The van der Waals surface area contributed by atoms with Crippen LogP contribution in [0.2, 0.25) is 10.0 Å². The average Bonchev–Trinajstić information content (AvgIpc) is 3.03. The summed E-state index contributed by atoms with van der Waals surface area (Å²) in [6, 6.07) is 11.4. The van der Waals surface area contributed by atoms with Gasteiger partial charge in [0, 0.05) is 11.3 Å². The molecule has 1 atom stereocenters. The first-order chi connectivity index (χ1) is 14.5. The number of aryl methyl sites for hydroxylation is 1. The molecule has 11 heteroatoms. The summed E-state index contributed by atoms with van der Waals surface area (Å²) < 4.78 is 35.8. The molecule has 1 aromatic heterocycles. The van der Waals surface area contributed by atoms with Crippen LogP contribution < -0.4 is 10.0 Å². The van der Waals surface area contributed by atoms with Gasteiger partial charge in [-0.15, -0.1) is 0 Å². The van der Waals surface area contributed by atoms with Gasteiger partial charge in [0.25, 0.3) is 0 Å². The van der Waals surface area contributed by atoms with Crippen LogP contribution in [-0.4, -0.2) is 25.9 Å². The molecule has 31 heavy (non-hydrogen) atoms. The molecule has 0 aliphatic rings. The number of aromatic nitrogens is 1. The van der Waals surface area contributed by atoms with Gasteiger partial charge in [0.2, 0.25) is 10.0 Å². The number of carbonyl (C=O) groups excluding carboxylic acids is 1. The molecule has 0 radical (unpaired) electrons. The van der Waals surface area contributed by atoms with Crippen LogP contribution in [0.15, 0.2) is 47.0 Å². The van der Waals surface area contributed by atoms with Gasteiger partial charge in [0.15, 0.2) is 5.76 Å². The van der Waals surface area contributed by atoms with Gasteiger partial charge >= 0.3 is 6.09 Å². The van der Waals surface area contributed by atoms with Gasteiger partial charge in [-0.05, 0) is 55.8 Å². The van der Waals surface area contributed by atoms with Crippen molar-refractivity contribution < 1.29 is 22.5 Å². The minimum absolute atomic E-state index is 0.308. The Balaban J connectivity index is 1.74. The topological polar surface area (TPSA) is 111 Å². The van der Waals surface area contributed by atoms with Crippen molar-refractivity contribution in [2.75, 3.05) is 16.3 Å². The Kier molecular flexibility index (Phi) is 6.78. The number of halogens is 2. The second-order valence-corrected chi connectivity index (χ2v) is 9.33. The van der Waals surface area contributed by atoms with E-state index in [1.807, 2.05) is 0 Å². The normalized spacial score (nSPS) is 12.3. The SMILES string of the molecule is Cc1noc(-c2ccc(NS(C)(=O)=O)cc2)c1NC(=O)OC(C)c1ccc(Cl)c(Cl)c1. The third-order valence-corrected chi connectivity index (χ3v) is 5.58. The van der Waals surface area contributed by atoms with Crippen LogP contribution in [-0.2, 0) is 14.8 Å². The van der Waals surface area contributed by atoms with E-state index in [0.717, 1.165) is 6.26 Å². The zero-order valence-electron chi connectivity index (χ0n) is 16.8. The van der Waals surface area contributed by atoms with Crippen LogP contribution in [0.4, 0.5) is 16.2 Å². The van der Waals surface area contributed by atoms with Crippen LogP contribution >= 0.6 is 23.2 Å². The summed E-state index contributed by atoms with van der Waals surface area (Å²) in [6.07, 6.45) is -0.228. The lowest BCUT2D eigenvalue weighted by molar-refractivity contribution is 0.121. The van der Waals surface area contributed by atoms with Gasteiger partial charge in [-0.3, -0.25) is 10.0 Å². The van der Waals surface area contributed by atoms with E-state index in [1.165, 1.54) is 0 Å². The maximum absolute atomic E-state index is 12.5. The molecular formula is C20H19Cl2N3O5S. The number of nitrogens with one attached hydrogen (secondary N) is 2. The molecule has 0 spiro atoms. The number of benzene rings is 2. The van der Waals surface area contributed by atoms with Gasteiger partial charge in [0.05, 0.1) is 16.3 Å². The van der Waals surface area contributed by atoms with Gasteiger partial charge in [-0.2, -0.15) is 0 Å². The van der Waals surface area contributed by atoms with E-state index < -0.39 is 22.2 Å². The lowest BCUT2D eigenvalue weighted by atomic mass is 10.1. The Labute approximate surface area is 189 Å². The first-order valence-electron chi connectivity index (χ1n) is 9.00. The van der Waals surface area contributed by atoms with Gasteiger partial charge < -0.3 is 9.26 Å². The van der Waals surface area contributed by atoms with Crippen molar-refractivity contribution in [1.82, 2.24) is 5.16 Å². The molecule has 3 aromatic rings. The van der Waals surface area contributed by atoms with Crippen molar-refractivity contribution >= 4 is 50.7 Å². The Morgan fingerprint density at radius 3 is 2.42 bits per heavy atom. The molecule has 1 heterocycles. The fraction of sp³-hybridized carbons (Fsp3) is 0.200. The number of hydrogen-bond acceptors (Lipinski definition) is 6. The maximum atomic E-state index is 12.5. The summed E-state index contributed by atoms with van der Waals surface area (Å²) in [5.74, 6) is 0.308. The quantitative estimate of drug-likeness (QED) is 0.469. The van der Waals surface area contributed by atoms with Crippen LogP contribution in [0.25, 0.3) is 11.3 Å². The van der Waals surface area contributed by atoms with Crippen LogP contribution in [0.3, 0.4) is 0 Å². The predicted molar refractivity (Wildman–Crippen MR) is 120 cm³/mol. The van der Waals surface area contributed by atoms with Crippen molar-refractivity contribution in [3.8, 4) is 11.3 Å². The molecule has 3 rings (SSSR count). The molecule has 0 bridgehead atoms. The summed E-state index contributed by atoms with van der Waals surface area (Å²) in [5.41, 5.74) is 2.46. The van der Waals surface area contributed by atoms with E-state index in [1.54, 1.807) is 56.3 Å². The standard InChI is InChI=1S/C20H19Cl2N3O5S/c1-11-18(23-20(26)29-12(2)14-6-9-16(21)17(22)10-14)19(30-24-11)13-4-7-15(8-5-13)25-31(3,27)28/h4-10,12,25H,1-3H3,(H,23,26). The van der Waals surface area contributed by atoms with E-state index in [-0.39, 0.29) is 0 Å². The van der Waals surface area contributed by atoms with Crippen LogP contribution in [0.1, 0.15) is 24.3 Å². The smallest absolute Gasteiger partial charge is 0.412 e. The molecule has 2 aromatic carbocycles. The van der Waals surface area contributed by atoms with Gasteiger partial charge in [0.1, 0.15) is 17.5 Å². The summed E-state index contributed by atoms with van der Waals surface area (Å²) in [7, 11) is -3.39. The van der Waals surface area contributed by atoms with E-state index in [2.05, 4.69) is 15.2 Å². The van der Waals surface area contributed by atoms with E-state index in [4.69, 9.17) is 32.5 Å². The maximum Gasteiger partial charge on any atom is 0.412 e. The highest BCUT2D eigenvalue weighted by Gasteiger charge is 2.20. The number of sulfonamides is 1. The monoisotopic (exact) mass is 483 g/mol. The zero-order chi connectivity index (χ0) is 22.8. The Hall–Kier alpha value is -2.75. The Morgan fingerprint density at radius 2 is 1.81 bits per heavy atom. The summed E-state index contributed by atoms with van der Waals surface area (Å²) in [5, 5.41) is 7.32. The molecule has 0 saturated heterocycles. The number of hydrogen-bond donors (Lipinski definition) is 2. The lowest BCUT2D eigenvalue weighted by Gasteiger charge is -2.15. The average molecular weight is 484 g/mol. The Bertz CT molecular complexity index is 1210. The number of ether oxygens (including phenoxy) is 1. The summed E-state index contributed by atoms with van der Waals surface area (Å²) >= 11 is 11.9. The molecule has 8 nitrogen and oxygen atoms in total. The molecule has 0 aliphatic carbocycles. The minimum Gasteiger partial charge on any atom is -0.441 e. The third-order valence-electron chi connectivity index (χ3n) is 4.24. The number of nitrogens with zero attached hydrogens (tertiary/aromatic N) is 1. The van der Waals surface area contributed by atoms with E-state index in [0.29, 0.717) is 44.0 Å². The highest BCUT2D eigenvalue weighted by Crippen LogP contribution is 2.32. The number of amides is 1. The third kappa shape index (κ3) is 5.90. The minimum atomic E-state index is -3.39. The van der Waals surface area contributed by atoms with Crippen molar-refractivity contribution in [2.24, 2.45) is 0 Å². The van der Waals surface area contributed by atoms with Crippen molar-refractivity contribution in [1.29, 1.82) is 0 Å². The van der Waals surface area contributed by atoms with E-state index in [9.17, 15) is 13.2 Å². The fourth-order valence-electron chi connectivity index (χ4n) is 2.74. The molecule has 0 saturated carbocycles. The van der Waals surface area contributed by atoms with Crippen LogP contribution in [0.5, 0.6) is 0 Å². The molecule has 0 aliphatic heterocycles. The molecular weight excluding hydrogens is 465 g/mol. The summed E-state index contributed by atoms with van der Waals surface area (Å²) in [4.78, 5) is 12.5. The molecule has 1 amide bonds. The number of anilines is 2. The molecule has 164 valence electrons. The second kappa shape index (κ2) is 9.17. The highest BCUT2D eigenvalue weighted by molar-refractivity contribution is 7.92. The van der Waals surface area contributed by atoms with Gasteiger partial charge in [-0.25, -0.2) is 13.2 Å². The van der Waals surface area contributed by atoms with Crippen molar-refractivity contribution in [3.05, 3.63) is 63.8 Å². The fourth-order valence-corrected chi connectivity index (χ4v) is 3.61. The van der Waals surface area contributed by atoms with Crippen LogP contribution in [0, 0.1) is 6.92 Å².